The summed E-state index contributed by atoms with van der Waals surface area (Å²) in [5.41, 5.74) is 0.524. The van der Waals surface area contributed by atoms with E-state index in [0.29, 0.717) is 24.5 Å². The number of anilines is 2. The fourth-order valence-electron chi connectivity index (χ4n) is 2.75. The van der Waals surface area contributed by atoms with Crippen LogP contribution in [0.1, 0.15) is 5.56 Å². The summed E-state index contributed by atoms with van der Waals surface area (Å²) in [6, 6.07) is 4.28. The van der Waals surface area contributed by atoms with Crippen molar-refractivity contribution in [3.8, 4) is 0 Å². The first-order chi connectivity index (χ1) is 12.5. The molecule has 0 aliphatic carbocycles. The number of rotatable bonds is 5. The first-order valence-corrected chi connectivity index (χ1v) is 8.44. The average molecular weight is 381 g/mol. The van der Waals surface area contributed by atoms with Gasteiger partial charge in [-0.3, -0.25) is 10.1 Å². The lowest BCUT2D eigenvalue weighted by Crippen LogP contribution is -2.45. The normalized spacial score (nSPS) is 15.1. The second-order valence-electron chi connectivity index (χ2n) is 6.04. The van der Waals surface area contributed by atoms with Crippen LogP contribution in [0.5, 0.6) is 0 Å². The molecule has 0 amide bonds. The molecule has 1 aromatic carbocycles. The second-order valence-corrected chi connectivity index (χ2v) is 6.45. The molecule has 3 rings (SSSR count). The SMILES string of the molecule is CN1CCN(c2ncnc(NCc3ccc(F)c(Cl)c3)c2[N+](=O)[O-])CC1. The standard InChI is InChI=1S/C16H18ClFN6O2/c1-22-4-6-23(7-5-22)16-14(24(25)26)15(20-10-21-16)19-9-11-2-3-13(18)12(17)8-11/h2-3,8,10H,4-7,9H2,1H3,(H,19,20,21). The summed E-state index contributed by atoms with van der Waals surface area (Å²) >= 11 is 5.77. The summed E-state index contributed by atoms with van der Waals surface area (Å²) in [6.45, 7) is 3.14. The average Bonchev–Trinajstić information content (AvgIpc) is 2.63. The van der Waals surface area contributed by atoms with Gasteiger partial charge in [0.2, 0.25) is 11.6 Å². The van der Waals surface area contributed by atoms with Crippen LogP contribution in [0, 0.1) is 15.9 Å². The Morgan fingerprint density at radius 3 is 2.69 bits per heavy atom. The van der Waals surface area contributed by atoms with Gasteiger partial charge in [-0.25, -0.2) is 14.4 Å². The maximum absolute atomic E-state index is 13.2. The smallest absolute Gasteiger partial charge is 0.353 e. The van der Waals surface area contributed by atoms with Crippen molar-refractivity contribution in [2.45, 2.75) is 6.54 Å². The first-order valence-electron chi connectivity index (χ1n) is 8.06. The van der Waals surface area contributed by atoms with E-state index in [9.17, 15) is 14.5 Å². The minimum Gasteiger partial charge on any atom is -0.360 e. The van der Waals surface area contributed by atoms with E-state index < -0.39 is 10.7 Å². The van der Waals surface area contributed by atoms with Crippen molar-refractivity contribution in [2.24, 2.45) is 0 Å². The van der Waals surface area contributed by atoms with Crippen LogP contribution in [-0.2, 0) is 6.54 Å². The monoisotopic (exact) mass is 380 g/mol. The van der Waals surface area contributed by atoms with Crippen LogP contribution in [0.25, 0.3) is 0 Å². The van der Waals surface area contributed by atoms with Gasteiger partial charge in [-0.05, 0) is 24.7 Å². The molecule has 2 heterocycles. The summed E-state index contributed by atoms with van der Waals surface area (Å²) in [4.78, 5) is 23.4. The Morgan fingerprint density at radius 2 is 2.04 bits per heavy atom. The van der Waals surface area contributed by atoms with E-state index in [1.165, 1.54) is 18.5 Å². The fourth-order valence-corrected chi connectivity index (χ4v) is 2.96. The fraction of sp³-hybridized carbons (Fsp3) is 0.375. The van der Waals surface area contributed by atoms with Crippen molar-refractivity contribution in [2.75, 3.05) is 43.4 Å². The second kappa shape index (κ2) is 7.79. The maximum atomic E-state index is 13.2. The van der Waals surface area contributed by atoms with E-state index in [0.717, 1.165) is 13.1 Å². The summed E-state index contributed by atoms with van der Waals surface area (Å²) in [6.07, 6.45) is 1.31. The number of piperazine rings is 1. The number of nitro groups is 1. The predicted octanol–water partition coefficient (Wildman–Crippen LogP) is 2.54. The van der Waals surface area contributed by atoms with Gasteiger partial charge in [-0.15, -0.1) is 0 Å². The van der Waals surface area contributed by atoms with Crippen molar-refractivity contribution < 1.29 is 9.31 Å². The molecule has 2 aromatic rings. The highest BCUT2D eigenvalue weighted by molar-refractivity contribution is 6.30. The Hall–Kier alpha value is -2.52. The Kier molecular flexibility index (Phi) is 5.48. The number of hydrogen-bond donors (Lipinski definition) is 1. The van der Waals surface area contributed by atoms with Crippen LogP contribution in [0.2, 0.25) is 5.02 Å². The van der Waals surface area contributed by atoms with Crippen LogP contribution in [0.4, 0.5) is 21.7 Å². The number of nitrogens with one attached hydrogen (secondary N) is 1. The van der Waals surface area contributed by atoms with Crippen LogP contribution in [-0.4, -0.2) is 53.0 Å². The Bertz CT molecular complexity index is 813. The Balaban J connectivity index is 1.83. The van der Waals surface area contributed by atoms with E-state index in [1.807, 2.05) is 11.9 Å². The third-order valence-electron chi connectivity index (χ3n) is 4.23. The van der Waals surface area contributed by atoms with Gasteiger partial charge in [0.05, 0.1) is 9.95 Å². The number of aromatic nitrogens is 2. The lowest BCUT2D eigenvalue weighted by molar-refractivity contribution is -0.383. The molecule has 26 heavy (non-hydrogen) atoms. The molecule has 0 spiro atoms. The van der Waals surface area contributed by atoms with Gasteiger partial charge in [-0.1, -0.05) is 17.7 Å². The third-order valence-corrected chi connectivity index (χ3v) is 4.52. The summed E-state index contributed by atoms with van der Waals surface area (Å²) in [7, 11) is 2.01. The van der Waals surface area contributed by atoms with Crippen molar-refractivity contribution >= 4 is 28.9 Å². The molecule has 0 bridgehead atoms. The molecule has 1 N–H and O–H groups in total. The van der Waals surface area contributed by atoms with E-state index in [-0.39, 0.29) is 23.1 Å². The van der Waals surface area contributed by atoms with E-state index in [2.05, 4.69) is 20.2 Å². The van der Waals surface area contributed by atoms with Crippen LogP contribution < -0.4 is 10.2 Å². The zero-order valence-electron chi connectivity index (χ0n) is 14.2. The number of likely N-dealkylation sites (N-methyl/N-ethyl adjacent to an activating group) is 1. The number of halogens is 2. The van der Waals surface area contributed by atoms with Crippen molar-refractivity contribution in [1.82, 2.24) is 14.9 Å². The number of hydrogen-bond acceptors (Lipinski definition) is 7. The largest absolute Gasteiger partial charge is 0.360 e. The predicted molar refractivity (Wildman–Crippen MR) is 97.1 cm³/mol. The van der Waals surface area contributed by atoms with Gasteiger partial charge >= 0.3 is 5.69 Å². The highest BCUT2D eigenvalue weighted by Gasteiger charge is 2.28. The number of nitrogens with zero attached hydrogens (tertiary/aromatic N) is 5. The van der Waals surface area contributed by atoms with Gasteiger partial charge in [0.25, 0.3) is 0 Å². The summed E-state index contributed by atoms with van der Waals surface area (Å²) in [5, 5.41) is 14.6. The van der Waals surface area contributed by atoms with Gasteiger partial charge < -0.3 is 15.1 Å². The molecule has 10 heteroatoms. The highest BCUT2D eigenvalue weighted by atomic mass is 35.5. The van der Waals surface area contributed by atoms with Crippen molar-refractivity contribution in [3.05, 3.63) is 51.0 Å². The molecule has 1 aliphatic rings. The van der Waals surface area contributed by atoms with E-state index in [4.69, 9.17) is 11.6 Å². The van der Waals surface area contributed by atoms with E-state index >= 15 is 0 Å². The van der Waals surface area contributed by atoms with Crippen LogP contribution in [0.15, 0.2) is 24.5 Å². The molecule has 0 saturated carbocycles. The maximum Gasteiger partial charge on any atom is 0.353 e. The van der Waals surface area contributed by atoms with Gasteiger partial charge in [0.15, 0.2) is 0 Å². The molecule has 0 radical (unpaired) electrons. The topological polar surface area (TPSA) is 87.4 Å². The summed E-state index contributed by atoms with van der Waals surface area (Å²) < 4.78 is 13.2. The number of benzene rings is 1. The minimum atomic E-state index is -0.513. The lowest BCUT2D eigenvalue weighted by Gasteiger charge is -2.32. The highest BCUT2D eigenvalue weighted by Crippen LogP contribution is 2.32. The molecule has 1 fully saturated rings. The quantitative estimate of drug-likeness (QED) is 0.630. The molecule has 8 nitrogen and oxygen atoms in total. The zero-order valence-corrected chi connectivity index (χ0v) is 14.9. The minimum absolute atomic E-state index is 0.000358. The van der Waals surface area contributed by atoms with Crippen LogP contribution in [0.3, 0.4) is 0 Å². The van der Waals surface area contributed by atoms with Gasteiger partial charge in [-0.2, -0.15) is 0 Å². The molecule has 1 aliphatic heterocycles. The summed E-state index contributed by atoms with van der Waals surface area (Å²) in [5.74, 6) is -0.0853. The molecule has 0 unspecified atom stereocenters. The molecule has 1 aromatic heterocycles. The Labute approximate surface area is 154 Å². The molecule has 1 saturated heterocycles. The van der Waals surface area contributed by atoms with Gasteiger partial charge in [0, 0.05) is 32.7 Å². The van der Waals surface area contributed by atoms with Crippen LogP contribution >= 0.6 is 11.6 Å². The van der Waals surface area contributed by atoms with Gasteiger partial charge in [0.1, 0.15) is 12.1 Å². The molecule has 138 valence electrons. The zero-order chi connectivity index (χ0) is 18.7. The third kappa shape index (κ3) is 4.00. The van der Waals surface area contributed by atoms with Crippen molar-refractivity contribution in [3.63, 3.8) is 0 Å². The first kappa shape index (κ1) is 18.3. The Morgan fingerprint density at radius 1 is 1.31 bits per heavy atom. The molecular formula is C16H18ClFN6O2. The molecule has 0 atom stereocenters. The van der Waals surface area contributed by atoms with Crippen molar-refractivity contribution in [1.29, 1.82) is 0 Å². The lowest BCUT2D eigenvalue weighted by atomic mass is 10.2. The molecular weight excluding hydrogens is 363 g/mol. The van der Waals surface area contributed by atoms with E-state index in [1.54, 1.807) is 6.07 Å².